The fourth-order valence-corrected chi connectivity index (χ4v) is 2.73. The number of rotatable bonds is 1. The molecule has 1 aromatic carbocycles. The minimum Gasteiger partial charge on any atom is -0.454 e. The van der Waals surface area contributed by atoms with Crippen LogP contribution in [0.4, 0.5) is 0 Å². The van der Waals surface area contributed by atoms with Gasteiger partial charge in [-0.1, -0.05) is 28.1 Å². The molecule has 5 nitrogen and oxygen atoms in total. The van der Waals surface area contributed by atoms with Crippen LogP contribution in [-0.2, 0) is 14.3 Å². The minimum absolute atomic E-state index is 0.0295. The van der Waals surface area contributed by atoms with Gasteiger partial charge in [-0.2, -0.15) is 5.26 Å². The van der Waals surface area contributed by atoms with Crippen molar-refractivity contribution in [1.29, 1.82) is 10.7 Å². The molecule has 2 aliphatic rings. The van der Waals surface area contributed by atoms with E-state index >= 15 is 0 Å². The largest absolute Gasteiger partial charge is 0.454 e. The van der Waals surface area contributed by atoms with Crippen LogP contribution in [0.15, 0.2) is 40.1 Å². The van der Waals surface area contributed by atoms with Crippen molar-refractivity contribution in [1.82, 2.24) is 0 Å². The van der Waals surface area contributed by atoms with Crippen LogP contribution in [0.25, 0.3) is 0 Å². The van der Waals surface area contributed by atoms with Gasteiger partial charge < -0.3 is 9.47 Å². The number of hydrogen-bond acceptors (Lipinski definition) is 5. The normalized spacial score (nSPS) is 24.8. The Labute approximate surface area is 123 Å². The molecule has 1 N–H and O–H groups in total. The number of nitrogens with zero attached hydrogens (tertiary/aromatic N) is 1. The van der Waals surface area contributed by atoms with E-state index in [-0.39, 0.29) is 12.5 Å². The molecule has 0 saturated carbocycles. The summed E-state index contributed by atoms with van der Waals surface area (Å²) in [4.78, 5) is 11.9. The van der Waals surface area contributed by atoms with Gasteiger partial charge in [-0.25, -0.2) is 4.79 Å². The summed E-state index contributed by atoms with van der Waals surface area (Å²) in [6.07, 6.45) is 0. The summed E-state index contributed by atoms with van der Waals surface area (Å²) < 4.78 is 11.1. The van der Waals surface area contributed by atoms with E-state index in [1.54, 1.807) is 0 Å². The molecule has 2 heterocycles. The molecule has 0 spiro atoms. The lowest BCUT2D eigenvalue weighted by atomic mass is 9.79. The standard InChI is InChI=1S/C14H9BrN2O3/c15-8-3-1-7(2-4-8)11-9(5-16)13(17)20-10-6-19-14(18)12(10)11/h1-4,9,11,17H,6H2. The van der Waals surface area contributed by atoms with E-state index in [4.69, 9.17) is 14.9 Å². The van der Waals surface area contributed by atoms with Crippen LogP contribution in [0.1, 0.15) is 11.5 Å². The molecular formula is C14H9BrN2O3. The van der Waals surface area contributed by atoms with Crippen LogP contribution in [0.5, 0.6) is 0 Å². The molecule has 0 aromatic heterocycles. The smallest absolute Gasteiger partial charge is 0.338 e. The molecule has 2 aliphatic heterocycles. The van der Waals surface area contributed by atoms with Gasteiger partial charge in [-0.3, -0.25) is 5.41 Å². The van der Waals surface area contributed by atoms with Crippen molar-refractivity contribution < 1.29 is 14.3 Å². The molecule has 2 unspecified atom stereocenters. The van der Waals surface area contributed by atoms with E-state index in [9.17, 15) is 10.1 Å². The van der Waals surface area contributed by atoms with Crippen molar-refractivity contribution in [3.05, 3.63) is 45.6 Å². The monoisotopic (exact) mass is 332 g/mol. The van der Waals surface area contributed by atoms with Crippen molar-refractivity contribution in [3.63, 3.8) is 0 Å². The number of halogens is 1. The Balaban J connectivity index is 2.14. The van der Waals surface area contributed by atoms with Gasteiger partial charge in [0.05, 0.1) is 11.6 Å². The fraction of sp³-hybridized carbons (Fsp3) is 0.214. The molecule has 6 heteroatoms. The predicted octanol–water partition coefficient (Wildman–Crippen LogP) is 2.49. The highest BCUT2D eigenvalue weighted by Crippen LogP contribution is 2.42. The van der Waals surface area contributed by atoms with Gasteiger partial charge in [0.2, 0.25) is 5.90 Å². The molecule has 100 valence electrons. The molecule has 3 rings (SSSR count). The number of cyclic esters (lactones) is 1. The molecule has 0 saturated heterocycles. The summed E-state index contributed by atoms with van der Waals surface area (Å²) in [7, 11) is 0. The number of benzene rings is 1. The van der Waals surface area contributed by atoms with E-state index in [2.05, 4.69) is 15.9 Å². The van der Waals surface area contributed by atoms with Crippen LogP contribution in [0, 0.1) is 22.7 Å². The minimum atomic E-state index is -0.819. The molecule has 20 heavy (non-hydrogen) atoms. The van der Waals surface area contributed by atoms with E-state index < -0.39 is 17.8 Å². The number of nitriles is 1. The third kappa shape index (κ3) is 1.91. The van der Waals surface area contributed by atoms with Crippen molar-refractivity contribution in [2.24, 2.45) is 5.92 Å². The molecule has 0 radical (unpaired) electrons. The summed E-state index contributed by atoms with van der Waals surface area (Å²) in [5.41, 5.74) is 1.15. The quantitative estimate of drug-likeness (QED) is 0.801. The number of ether oxygens (including phenoxy) is 2. The van der Waals surface area contributed by atoms with Crippen LogP contribution in [0.3, 0.4) is 0 Å². The van der Waals surface area contributed by atoms with Crippen LogP contribution >= 0.6 is 15.9 Å². The second-order valence-electron chi connectivity index (χ2n) is 4.52. The van der Waals surface area contributed by atoms with E-state index in [1.165, 1.54) is 0 Å². The fourth-order valence-electron chi connectivity index (χ4n) is 2.46. The maximum absolute atomic E-state index is 11.9. The third-order valence-electron chi connectivity index (χ3n) is 3.38. The second kappa shape index (κ2) is 4.76. The number of hydrogen-bond donors (Lipinski definition) is 1. The zero-order valence-corrected chi connectivity index (χ0v) is 11.8. The third-order valence-corrected chi connectivity index (χ3v) is 3.91. The summed E-state index contributed by atoms with van der Waals surface area (Å²) in [6, 6.07) is 9.37. The van der Waals surface area contributed by atoms with Gasteiger partial charge >= 0.3 is 5.97 Å². The van der Waals surface area contributed by atoms with Crippen LogP contribution < -0.4 is 0 Å². The van der Waals surface area contributed by atoms with Gasteiger partial charge in [0.25, 0.3) is 0 Å². The number of carbonyl (C=O) groups is 1. The average molecular weight is 333 g/mol. The molecule has 0 amide bonds. The Morgan fingerprint density at radius 3 is 2.70 bits per heavy atom. The Hall–Kier alpha value is -2.13. The van der Waals surface area contributed by atoms with Crippen LogP contribution in [-0.4, -0.2) is 18.5 Å². The van der Waals surface area contributed by atoms with E-state index in [0.29, 0.717) is 11.3 Å². The van der Waals surface area contributed by atoms with Gasteiger partial charge in [-0.15, -0.1) is 0 Å². The highest BCUT2D eigenvalue weighted by atomic mass is 79.9. The highest BCUT2D eigenvalue weighted by Gasteiger charge is 2.45. The highest BCUT2D eigenvalue weighted by molar-refractivity contribution is 9.10. The first-order valence-electron chi connectivity index (χ1n) is 5.93. The van der Waals surface area contributed by atoms with Crippen molar-refractivity contribution in [3.8, 4) is 6.07 Å². The zero-order chi connectivity index (χ0) is 14.3. The Morgan fingerprint density at radius 2 is 2.05 bits per heavy atom. The SMILES string of the molecule is N#CC1C(=N)OC2=C(C(=O)OC2)C1c1ccc(Br)cc1. The summed E-state index contributed by atoms with van der Waals surface area (Å²) in [5, 5.41) is 17.1. The molecule has 1 aromatic rings. The Bertz CT molecular complexity index is 673. The molecule has 0 aliphatic carbocycles. The lowest BCUT2D eigenvalue weighted by Gasteiger charge is -2.27. The first-order chi connectivity index (χ1) is 9.61. The molecular weight excluding hydrogens is 324 g/mol. The molecule has 0 fully saturated rings. The maximum atomic E-state index is 11.9. The van der Waals surface area contributed by atoms with Crippen molar-refractivity contribution >= 4 is 27.8 Å². The van der Waals surface area contributed by atoms with Gasteiger partial charge in [0, 0.05) is 10.4 Å². The summed E-state index contributed by atoms with van der Waals surface area (Å²) >= 11 is 3.35. The average Bonchev–Trinajstić information content (AvgIpc) is 2.79. The zero-order valence-electron chi connectivity index (χ0n) is 10.2. The van der Waals surface area contributed by atoms with Gasteiger partial charge in [0.1, 0.15) is 12.5 Å². The predicted molar refractivity (Wildman–Crippen MR) is 72.8 cm³/mol. The molecule has 2 atom stereocenters. The number of esters is 1. The van der Waals surface area contributed by atoms with Gasteiger partial charge in [-0.05, 0) is 17.7 Å². The van der Waals surface area contributed by atoms with Crippen molar-refractivity contribution in [2.75, 3.05) is 6.61 Å². The lowest BCUT2D eigenvalue weighted by Crippen LogP contribution is -2.30. The Morgan fingerprint density at radius 1 is 1.35 bits per heavy atom. The van der Waals surface area contributed by atoms with Crippen molar-refractivity contribution in [2.45, 2.75) is 5.92 Å². The second-order valence-corrected chi connectivity index (χ2v) is 5.43. The number of nitrogens with one attached hydrogen (secondary N) is 1. The van der Waals surface area contributed by atoms with Gasteiger partial charge in [0.15, 0.2) is 5.76 Å². The summed E-state index contributed by atoms with van der Waals surface area (Å²) in [5.74, 6) is -1.60. The van der Waals surface area contributed by atoms with E-state index in [1.807, 2.05) is 30.3 Å². The topological polar surface area (TPSA) is 83.2 Å². The lowest BCUT2D eigenvalue weighted by molar-refractivity contribution is -0.136. The maximum Gasteiger partial charge on any atom is 0.338 e. The first-order valence-corrected chi connectivity index (χ1v) is 6.72. The van der Waals surface area contributed by atoms with E-state index in [0.717, 1.165) is 10.0 Å². The summed E-state index contributed by atoms with van der Waals surface area (Å²) in [6.45, 7) is 0.0295. The Kier molecular flexibility index (Phi) is 3.07. The first kappa shape index (κ1) is 12.9. The molecule has 0 bridgehead atoms. The van der Waals surface area contributed by atoms with Crippen LogP contribution in [0.2, 0.25) is 0 Å². The number of carbonyl (C=O) groups excluding carboxylic acids is 1.